The van der Waals surface area contributed by atoms with E-state index in [1.54, 1.807) is 42.1 Å². The Morgan fingerprint density at radius 3 is 2.62 bits per heavy atom. The Balaban J connectivity index is 1.52. The lowest BCUT2D eigenvalue weighted by Gasteiger charge is -2.05. The van der Waals surface area contributed by atoms with Crippen molar-refractivity contribution < 1.29 is 14.3 Å². The highest BCUT2D eigenvalue weighted by Crippen LogP contribution is 2.30. The molecule has 0 unspecified atom stereocenters. The summed E-state index contributed by atoms with van der Waals surface area (Å²) in [6.07, 6.45) is 3.59. The third kappa shape index (κ3) is 3.01. The molecule has 7 nitrogen and oxygen atoms in total. The molecule has 2 heterocycles. The van der Waals surface area contributed by atoms with Gasteiger partial charge in [-0.25, -0.2) is 9.50 Å². The van der Waals surface area contributed by atoms with E-state index in [4.69, 9.17) is 9.47 Å². The molecule has 7 heteroatoms. The molecule has 4 rings (SSSR count). The molecule has 0 radical (unpaired) electrons. The van der Waals surface area contributed by atoms with Crippen LogP contribution < -0.4 is 14.8 Å². The van der Waals surface area contributed by atoms with E-state index in [1.165, 1.54) is 0 Å². The van der Waals surface area contributed by atoms with Crippen molar-refractivity contribution in [1.29, 1.82) is 0 Å². The number of hydrogen-bond acceptors (Lipinski definition) is 5. The van der Waals surface area contributed by atoms with Crippen molar-refractivity contribution in [3.05, 3.63) is 42.6 Å². The Morgan fingerprint density at radius 1 is 1.17 bits per heavy atom. The van der Waals surface area contributed by atoms with Crippen LogP contribution in [0.2, 0.25) is 0 Å². The van der Waals surface area contributed by atoms with E-state index in [2.05, 4.69) is 15.4 Å². The van der Waals surface area contributed by atoms with Crippen LogP contribution in [-0.4, -0.2) is 27.6 Å². The molecule has 1 N–H and O–H groups in total. The highest BCUT2D eigenvalue weighted by Gasteiger charge is 2.30. The number of hydrogen-bond donors (Lipinski definition) is 1. The van der Waals surface area contributed by atoms with Gasteiger partial charge in [0.25, 0.3) is 0 Å². The summed E-state index contributed by atoms with van der Waals surface area (Å²) in [5.41, 5.74) is 0.642. The molecule has 0 atom stereocenters. The minimum Gasteiger partial charge on any atom is -0.497 e. The summed E-state index contributed by atoms with van der Waals surface area (Å²) in [7, 11) is 1.62. The summed E-state index contributed by atoms with van der Waals surface area (Å²) in [5, 5.41) is 7.16. The van der Waals surface area contributed by atoms with E-state index in [9.17, 15) is 4.79 Å². The van der Waals surface area contributed by atoms with Gasteiger partial charge in [0.2, 0.25) is 11.8 Å². The normalized spacial score (nSPS) is 13.7. The monoisotopic (exact) mass is 324 g/mol. The van der Waals surface area contributed by atoms with Gasteiger partial charge >= 0.3 is 0 Å². The summed E-state index contributed by atoms with van der Waals surface area (Å²) in [6.45, 7) is 0. The van der Waals surface area contributed by atoms with Crippen LogP contribution in [0.3, 0.4) is 0 Å². The van der Waals surface area contributed by atoms with Crippen molar-refractivity contribution in [3.63, 3.8) is 0 Å². The van der Waals surface area contributed by atoms with Gasteiger partial charge in [0.05, 0.1) is 13.3 Å². The number of methoxy groups -OCH3 is 1. The first-order valence-corrected chi connectivity index (χ1v) is 7.70. The molecule has 0 bridgehead atoms. The molecule has 0 aliphatic heterocycles. The maximum atomic E-state index is 11.8. The number of benzene rings is 1. The molecule has 1 aliphatic carbocycles. The number of amides is 1. The molecule has 122 valence electrons. The Hall–Kier alpha value is -3.09. The number of rotatable bonds is 5. The number of carbonyl (C=O) groups is 1. The molecular weight excluding hydrogens is 308 g/mol. The number of ether oxygens (including phenoxy) is 2. The van der Waals surface area contributed by atoms with E-state index in [0.29, 0.717) is 23.1 Å². The van der Waals surface area contributed by atoms with E-state index in [0.717, 1.165) is 18.6 Å². The van der Waals surface area contributed by atoms with E-state index in [-0.39, 0.29) is 11.8 Å². The minimum absolute atomic E-state index is 0.0214. The summed E-state index contributed by atoms with van der Waals surface area (Å²) in [5.74, 6) is 2.51. The molecule has 0 spiro atoms. The third-order valence-electron chi connectivity index (χ3n) is 3.78. The maximum absolute atomic E-state index is 11.8. The Kier molecular flexibility index (Phi) is 3.53. The van der Waals surface area contributed by atoms with Gasteiger partial charge in [-0.15, -0.1) is 5.10 Å². The van der Waals surface area contributed by atoms with Gasteiger partial charge in [-0.2, -0.15) is 0 Å². The van der Waals surface area contributed by atoms with Gasteiger partial charge in [-0.1, -0.05) is 0 Å². The van der Waals surface area contributed by atoms with Gasteiger partial charge in [-0.05, 0) is 43.2 Å². The molecule has 24 heavy (non-hydrogen) atoms. The molecular formula is C17H16N4O3. The zero-order valence-electron chi connectivity index (χ0n) is 13.1. The number of imidazole rings is 1. The standard InChI is InChI=1S/C17H16N4O3/c1-23-12-4-6-13(7-5-12)24-16-9-8-15-18-14(10-21(15)20-16)19-17(22)11-2-3-11/h4-11H,2-3H2,1H3,(H,19,22). The lowest BCUT2D eigenvalue weighted by Crippen LogP contribution is -2.13. The average molecular weight is 324 g/mol. The fourth-order valence-corrected chi connectivity index (χ4v) is 2.32. The third-order valence-corrected chi connectivity index (χ3v) is 3.78. The molecule has 0 saturated heterocycles. The fraction of sp³-hybridized carbons (Fsp3) is 0.235. The number of fused-ring (bicyclic) bond motifs is 1. The predicted octanol–water partition coefficient (Wildman–Crippen LogP) is 2.88. The van der Waals surface area contributed by atoms with Crippen LogP contribution in [-0.2, 0) is 4.79 Å². The summed E-state index contributed by atoms with van der Waals surface area (Å²) < 4.78 is 12.4. The van der Waals surface area contributed by atoms with Gasteiger partial charge in [0.1, 0.15) is 11.5 Å². The number of carbonyl (C=O) groups excluding carboxylic acids is 1. The van der Waals surface area contributed by atoms with Crippen molar-refractivity contribution in [2.24, 2.45) is 5.92 Å². The van der Waals surface area contributed by atoms with Crippen LogP contribution >= 0.6 is 0 Å². The van der Waals surface area contributed by atoms with Gasteiger partial charge < -0.3 is 14.8 Å². The summed E-state index contributed by atoms with van der Waals surface area (Å²) in [4.78, 5) is 16.1. The van der Waals surface area contributed by atoms with Crippen molar-refractivity contribution in [2.75, 3.05) is 12.4 Å². The van der Waals surface area contributed by atoms with Crippen LogP contribution in [0.4, 0.5) is 5.82 Å². The first kappa shape index (κ1) is 14.5. The van der Waals surface area contributed by atoms with E-state index < -0.39 is 0 Å². The van der Waals surface area contributed by atoms with Crippen molar-refractivity contribution >= 4 is 17.4 Å². The average Bonchev–Trinajstić information content (AvgIpc) is 3.37. The highest BCUT2D eigenvalue weighted by molar-refractivity contribution is 5.93. The Labute approximate surface area is 138 Å². The predicted molar refractivity (Wildman–Crippen MR) is 87.4 cm³/mol. The molecule has 1 aromatic carbocycles. The maximum Gasteiger partial charge on any atom is 0.237 e. The van der Waals surface area contributed by atoms with Crippen LogP contribution in [0.15, 0.2) is 42.6 Å². The number of aromatic nitrogens is 3. The minimum atomic E-state index is 0.0214. The zero-order chi connectivity index (χ0) is 16.5. The van der Waals surface area contributed by atoms with Gasteiger partial charge in [0.15, 0.2) is 11.5 Å². The van der Waals surface area contributed by atoms with Crippen molar-refractivity contribution in [1.82, 2.24) is 14.6 Å². The second-order valence-corrected chi connectivity index (χ2v) is 5.64. The van der Waals surface area contributed by atoms with Crippen LogP contribution in [0.1, 0.15) is 12.8 Å². The van der Waals surface area contributed by atoms with Crippen molar-refractivity contribution in [3.8, 4) is 17.4 Å². The van der Waals surface area contributed by atoms with Crippen LogP contribution in [0.5, 0.6) is 17.4 Å². The molecule has 1 saturated carbocycles. The second-order valence-electron chi connectivity index (χ2n) is 5.64. The van der Waals surface area contributed by atoms with E-state index in [1.807, 2.05) is 12.1 Å². The Morgan fingerprint density at radius 2 is 1.92 bits per heavy atom. The fourth-order valence-electron chi connectivity index (χ4n) is 2.32. The van der Waals surface area contributed by atoms with Gasteiger partial charge in [-0.3, -0.25) is 4.79 Å². The molecule has 1 aliphatic rings. The lowest BCUT2D eigenvalue weighted by atomic mass is 10.3. The topological polar surface area (TPSA) is 77.8 Å². The van der Waals surface area contributed by atoms with Crippen molar-refractivity contribution in [2.45, 2.75) is 12.8 Å². The molecule has 1 amide bonds. The summed E-state index contributed by atoms with van der Waals surface area (Å²) >= 11 is 0. The van der Waals surface area contributed by atoms with Gasteiger partial charge in [0, 0.05) is 12.0 Å². The van der Waals surface area contributed by atoms with Crippen LogP contribution in [0, 0.1) is 5.92 Å². The molecule has 1 fully saturated rings. The number of anilines is 1. The lowest BCUT2D eigenvalue weighted by molar-refractivity contribution is -0.117. The van der Waals surface area contributed by atoms with E-state index >= 15 is 0 Å². The second kappa shape index (κ2) is 5.84. The number of nitrogens with zero attached hydrogens (tertiary/aromatic N) is 3. The summed E-state index contributed by atoms with van der Waals surface area (Å²) in [6, 6.07) is 10.8. The highest BCUT2D eigenvalue weighted by atomic mass is 16.5. The molecule has 2 aromatic heterocycles. The molecule has 3 aromatic rings. The first-order valence-electron chi connectivity index (χ1n) is 7.70. The first-order chi connectivity index (χ1) is 11.7. The quantitative estimate of drug-likeness (QED) is 0.781. The largest absolute Gasteiger partial charge is 0.497 e. The smallest absolute Gasteiger partial charge is 0.237 e. The SMILES string of the molecule is COc1ccc(Oc2ccc3nc(NC(=O)C4CC4)cn3n2)cc1. The van der Waals surface area contributed by atoms with Crippen LogP contribution in [0.25, 0.3) is 5.65 Å². The zero-order valence-corrected chi connectivity index (χ0v) is 13.1. The Bertz CT molecular complexity index is 884. The number of nitrogens with one attached hydrogen (secondary N) is 1.